The highest BCUT2D eigenvalue weighted by Gasteiger charge is 2.18. The van der Waals surface area contributed by atoms with Gasteiger partial charge in [0.15, 0.2) is 5.82 Å². The molecular formula is C20H18N4O2. The number of hydrogen-bond acceptors (Lipinski definition) is 5. The Labute approximate surface area is 151 Å². The molecule has 130 valence electrons. The zero-order chi connectivity index (χ0) is 17.9. The molecule has 6 nitrogen and oxygen atoms in total. The molecule has 0 unspecified atom stereocenters. The lowest BCUT2D eigenvalue weighted by atomic mass is 10.1. The van der Waals surface area contributed by atoms with Crippen LogP contribution in [0.2, 0.25) is 0 Å². The number of fused-ring (bicyclic) bond motifs is 1. The van der Waals surface area contributed by atoms with Gasteiger partial charge in [0.05, 0.1) is 12.7 Å². The molecule has 3 aromatic rings. The first-order valence-corrected chi connectivity index (χ1v) is 8.34. The number of hydrogen-bond donors (Lipinski definition) is 2. The molecule has 2 N–H and O–H groups in total. The summed E-state index contributed by atoms with van der Waals surface area (Å²) < 4.78 is 5.36. The quantitative estimate of drug-likeness (QED) is 0.743. The Hall–Kier alpha value is -3.41. The number of benzene rings is 2. The summed E-state index contributed by atoms with van der Waals surface area (Å²) in [4.78, 5) is 20.6. The van der Waals surface area contributed by atoms with Gasteiger partial charge in [0.2, 0.25) is 0 Å². The van der Waals surface area contributed by atoms with E-state index in [1.807, 2.05) is 42.5 Å². The molecule has 0 saturated carbocycles. The maximum atomic E-state index is 11.7. The van der Waals surface area contributed by atoms with Crippen molar-refractivity contribution in [2.75, 3.05) is 12.4 Å². The minimum absolute atomic E-state index is 0.0202. The van der Waals surface area contributed by atoms with Crippen LogP contribution in [0.5, 0.6) is 5.75 Å². The largest absolute Gasteiger partial charge is 0.496 e. The zero-order valence-electron chi connectivity index (χ0n) is 14.3. The molecule has 0 spiro atoms. The van der Waals surface area contributed by atoms with Crippen LogP contribution in [0.25, 0.3) is 11.4 Å². The molecule has 0 aliphatic carbocycles. The standard InChI is InChI=1S/C20H18N4O2/c1-26-18-5-3-2-4-16(18)19-22-10-13(11-23-19)9-21-15-7-6-14-12-24-20(25)17(14)8-15/h2-8,10-11,21H,9,12H2,1H3,(H,24,25). The molecule has 0 atom stereocenters. The number of para-hydroxylation sites is 1. The maximum Gasteiger partial charge on any atom is 0.251 e. The van der Waals surface area contributed by atoms with Crippen molar-refractivity contribution in [3.63, 3.8) is 0 Å². The number of nitrogens with zero attached hydrogens (tertiary/aromatic N) is 2. The van der Waals surface area contributed by atoms with E-state index < -0.39 is 0 Å². The van der Waals surface area contributed by atoms with E-state index in [1.165, 1.54) is 0 Å². The second kappa shape index (κ2) is 6.84. The summed E-state index contributed by atoms with van der Waals surface area (Å²) in [6.07, 6.45) is 3.59. The van der Waals surface area contributed by atoms with E-state index in [0.29, 0.717) is 18.9 Å². The van der Waals surface area contributed by atoms with Gasteiger partial charge in [-0.3, -0.25) is 4.79 Å². The fourth-order valence-corrected chi connectivity index (χ4v) is 2.94. The van der Waals surface area contributed by atoms with E-state index >= 15 is 0 Å². The highest BCUT2D eigenvalue weighted by atomic mass is 16.5. The van der Waals surface area contributed by atoms with Gasteiger partial charge in [-0.25, -0.2) is 9.97 Å². The third-order valence-corrected chi connectivity index (χ3v) is 4.34. The molecule has 0 saturated heterocycles. The van der Waals surface area contributed by atoms with Gasteiger partial charge in [0.1, 0.15) is 5.75 Å². The first kappa shape index (κ1) is 16.1. The molecule has 1 amide bonds. The van der Waals surface area contributed by atoms with Gasteiger partial charge in [-0.15, -0.1) is 0 Å². The summed E-state index contributed by atoms with van der Waals surface area (Å²) >= 11 is 0. The molecule has 1 aliphatic rings. The average Bonchev–Trinajstić information content (AvgIpc) is 3.07. The van der Waals surface area contributed by atoms with Gasteiger partial charge in [0.25, 0.3) is 5.91 Å². The number of methoxy groups -OCH3 is 1. The monoisotopic (exact) mass is 346 g/mol. The molecule has 26 heavy (non-hydrogen) atoms. The molecule has 2 aromatic carbocycles. The first-order valence-electron chi connectivity index (χ1n) is 8.34. The van der Waals surface area contributed by atoms with Crippen molar-refractivity contribution in [1.29, 1.82) is 0 Å². The van der Waals surface area contributed by atoms with E-state index in [9.17, 15) is 4.79 Å². The zero-order valence-corrected chi connectivity index (χ0v) is 14.3. The third kappa shape index (κ3) is 3.09. The second-order valence-corrected chi connectivity index (χ2v) is 6.02. The van der Waals surface area contributed by atoms with Gasteiger partial charge in [0, 0.05) is 42.3 Å². The predicted molar refractivity (Wildman–Crippen MR) is 99.0 cm³/mol. The van der Waals surface area contributed by atoms with Crippen molar-refractivity contribution in [2.45, 2.75) is 13.1 Å². The van der Waals surface area contributed by atoms with Crippen molar-refractivity contribution in [3.8, 4) is 17.1 Å². The summed E-state index contributed by atoms with van der Waals surface area (Å²) in [5.41, 5.74) is 4.48. The lowest BCUT2D eigenvalue weighted by Crippen LogP contribution is -2.12. The Morgan fingerprint density at radius 1 is 1.12 bits per heavy atom. The Balaban J connectivity index is 1.47. The van der Waals surface area contributed by atoms with Crippen LogP contribution in [0.3, 0.4) is 0 Å². The van der Waals surface area contributed by atoms with E-state index in [4.69, 9.17) is 4.74 Å². The second-order valence-electron chi connectivity index (χ2n) is 6.02. The summed E-state index contributed by atoms with van der Waals surface area (Å²) in [6.45, 7) is 1.18. The summed E-state index contributed by atoms with van der Waals surface area (Å²) in [5.74, 6) is 1.35. The predicted octanol–water partition coefficient (Wildman–Crippen LogP) is 3.01. The number of amides is 1. The highest BCUT2D eigenvalue weighted by Crippen LogP contribution is 2.26. The Kier molecular flexibility index (Phi) is 4.23. The van der Waals surface area contributed by atoms with Gasteiger partial charge in [-0.05, 0) is 29.8 Å². The van der Waals surface area contributed by atoms with Gasteiger partial charge < -0.3 is 15.4 Å². The summed E-state index contributed by atoms with van der Waals surface area (Å²) in [5, 5.41) is 6.13. The van der Waals surface area contributed by atoms with Crippen LogP contribution in [0.15, 0.2) is 54.9 Å². The van der Waals surface area contributed by atoms with Crippen molar-refractivity contribution in [2.24, 2.45) is 0 Å². The molecule has 2 heterocycles. The average molecular weight is 346 g/mol. The number of nitrogens with one attached hydrogen (secondary N) is 2. The topological polar surface area (TPSA) is 76.1 Å². The molecular weight excluding hydrogens is 328 g/mol. The molecule has 6 heteroatoms. The summed E-state index contributed by atoms with van der Waals surface area (Å²) in [6, 6.07) is 13.5. The normalized spacial score (nSPS) is 12.4. The fourth-order valence-electron chi connectivity index (χ4n) is 2.94. The maximum absolute atomic E-state index is 11.7. The number of carbonyl (C=O) groups is 1. The van der Waals surface area contributed by atoms with Crippen LogP contribution < -0.4 is 15.4 Å². The van der Waals surface area contributed by atoms with Crippen molar-refractivity contribution in [1.82, 2.24) is 15.3 Å². The Bertz CT molecular complexity index is 954. The molecule has 1 aliphatic heterocycles. The molecule has 4 rings (SSSR count). The molecule has 0 bridgehead atoms. The van der Waals surface area contributed by atoms with Gasteiger partial charge in [-0.2, -0.15) is 0 Å². The smallest absolute Gasteiger partial charge is 0.251 e. The van der Waals surface area contributed by atoms with E-state index in [-0.39, 0.29) is 5.91 Å². The van der Waals surface area contributed by atoms with Gasteiger partial charge in [-0.1, -0.05) is 18.2 Å². The number of carbonyl (C=O) groups excluding carboxylic acids is 1. The molecule has 0 fully saturated rings. The summed E-state index contributed by atoms with van der Waals surface area (Å²) in [7, 11) is 1.63. The van der Waals surface area contributed by atoms with Crippen LogP contribution in [-0.2, 0) is 13.1 Å². The SMILES string of the molecule is COc1ccccc1-c1ncc(CNc2ccc3c(c2)C(=O)NC3)cn1. The van der Waals surface area contributed by atoms with Crippen LogP contribution >= 0.6 is 0 Å². The number of anilines is 1. The van der Waals surface area contributed by atoms with Crippen LogP contribution in [0, 0.1) is 0 Å². The minimum Gasteiger partial charge on any atom is -0.496 e. The lowest BCUT2D eigenvalue weighted by Gasteiger charge is -2.09. The first-order chi connectivity index (χ1) is 12.7. The lowest BCUT2D eigenvalue weighted by molar-refractivity contribution is 0.0966. The van der Waals surface area contributed by atoms with Crippen molar-refractivity contribution < 1.29 is 9.53 Å². The van der Waals surface area contributed by atoms with Gasteiger partial charge >= 0.3 is 0 Å². The number of ether oxygens (including phenoxy) is 1. The van der Waals surface area contributed by atoms with E-state index in [2.05, 4.69) is 20.6 Å². The van der Waals surface area contributed by atoms with E-state index in [1.54, 1.807) is 19.5 Å². The minimum atomic E-state index is -0.0202. The van der Waals surface area contributed by atoms with Crippen molar-refractivity contribution in [3.05, 3.63) is 71.5 Å². The molecule has 0 radical (unpaired) electrons. The van der Waals surface area contributed by atoms with Crippen LogP contribution in [-0.4, -0.2) is 23.0 Å². The van der Waals surface area contributed by atoms with Crippen molar-refractivity contribution >= 4 is 11.6 Å². The fraction of sp³-hybridized carbons (Fsp3) is 0.150. The Morgan fingerprint density at radius 3 is 2.73 bits per heavy atom. The Morgan fingerprint density at radius 2 is 1.92 bits per heavy atom. The number of aromatic nitrogens is 2. The van der Waals surface area contributed by atoms with Crippen LogP contribution in [0.4, 0.5) is 5.69 Å². The van der Waals surface area contributed by atoms with Crippen LogP contribution in [0.1, 0.15) is 21.5 Å². The number of rotatable bonds is 5. The van der Waals surface area contributed by atoms with E-state index in [0.717, 1.165) is 33.7 Å². The third-order valence-electron chi connectivity index (χ3n) is 4.34. The molecule has 1 aromatic heterocycles. The highest BCUT2D eigenvalue weighted by molar-refractivity contribution is 5.99.